The molecule has 0 atom stereocenters. The van der Waals surface area contributed by atoms with E-state index in [-0.39, 0.29) is 5.97 Å². The highest BCUT2D eigenvalue weighted by atomic mass is 16.5. The second-order valence-corrected chi connectivity index (χ2v) is 7.62. The van der Waals surface area contributed by atoms with E-state index < -0.39 is 0 Å². The molecule has 1 aliphatic heterocycles. The zero-order valence-electron chi connectivity index (χ0n) is 16.6. The highest BCUT2D eigenvalue weighted by Gasteiger charge is 2.21. The first kappa shape index (κ1) is 19.6. The third-order valence-corrected chi connectivity index (χ3v) is 5.28. The largest absolute Gasteiger partial charge is 0.465 e. The monoisotopic (exact) mass is 370 g/mol. The highest BCUT2D eigenvalue weighted by Crippen LogP contribution is 2.21. The number of carbonyl (C=O) groups is 1. The van der Waals surface area contributed by atoms with Crippen molar-refractivity contribution in [3.05, 3.63) is 59.0 Å². The topological polar surface area (TPSA) is 45.9 Å². The van der Waals surface area contributed by atoms with Crippen LogP contribution < -0.4 is 0 Å². The lowest BCUT2D eigenvalue weighted by Gasteiger charge is -2.33. The summed E-state index contributed by atoms with van der Waals surface area (Å²) in [5, 5.41) is 0. The number of aryl methyl sites for hydroxylation is 1. The van der Waals surface area contributed by atoms with Crippen molar-refractivity contribution in [2.24, 2.45) is 5.92 Å². The molecular weight excluding hydrogens is 340 g/mol. The third kappa shape index (κ3) is 5.68. The zero-order chi connectivity index (χ0) is 19.2. The molecule has 1 fully saturated rings. The van der Waals surface area contributed by atoms with Crippen LogP contribution >= 0.6 is 0 Å². The van der Waals surface area contributed by atoms with Gasteiger partial charge in [-0.1, -0.05) is 12.1 Å². The van der Waals surface area contributed by atoms with Gasteiger partial charge >= 0.3 is 5.97 Å². The van der Waals surface area contributed by atoms with Gasteiger partial charge in [0.05, 0.1) is 19.2 Å². The van der Waals surface area contributed by atoms with Crippen LogP contribution in [0, 0.1) is 12.8 Å². The van der Waals surface area contributed by atoms with Gasteiger partial charge in [0.25, 0.3) is 0 Å². The van der Waals surface area contributed by atoms with Gasteiger partial charge < -0.3 is 14.1 Å². The van der Waals surface area contributed by atoms with Crippen molar-refractivity contribution >= 4 is 5.97 Å². The van der Waals surface area contributed by atoms with E-state index in [2.05, 4.69) is 22.9 Å². The molecule has 3 rings (SSSR count). The second-order valence-electron chi connectivity index (χ2n) is 7.62. The van der Waals surface area contributed by atoms with Crippen LogP contribution in [0.2, 0.25) is 0 Å². The Morgan fingerprint density at radius 2 is 1.89 bits per heavy atom. The summed E-state index contributed by atoms with van der Waals surface area (Å²) in [6, 6.07) is 11.8. The average molecular weight is 370 g/mol. The maximum Gasteiger partial charge on any atom is 0.337 e. The fraction of sp³-hybridized carbons (Fsp3) is 0.500. The van der Waals surface area contributed by atoms with Crippen LogP contribution in [0.5, 0.6) is 0 Å². The van der Waals surface area contributed by atoms with Gasteiger partial charge in [0.2, 0.25) is 0 Å². The van der Waals surface area contributed by atoms with Gasteiger partial charge in [0.1, 0.15) is 11.5 Å². The normalized spacial score (nSPS) is 16.0. The summed E-state index contributed by atoms with van der Waals surface area (Å²) >= 11 is 0. The van der Waals surface area contributed by atoms with Crippen molar-refractivity contribution in [1.82, 2.24) is 9.80 Å². The van der Waals surface area contributed by atoms with Crippen LogP contribution in [0.3, 0.4) is 0 Å². The van der Waals surface area contributed by atoms with Crippen LogP contribution in [0.15, 0.2) is 40.8 Å². The fourth-order valence-electron chi connectivity index (χ4n) is 3.80. The molecule has 27 heavy (non-hydrogen) atoms. The van der Waals surface area contributed by atoms with E-state index in [1.165, 1.54) is 25.5 Å². The molecule has 1 saturated heterocycles. The van der Waals surface area contributed by atoms with Crippen molar-refractivity contribution < 1.29 is 13.9 Å². The number of likely N-dealkylation sites (tertiary alicyclic amines) is 1. The van der Waals surface area contributed by atoms with Crippen LogP contribution in [0.1, 0.15) is 40.3 Å². The van der Waals surface area contributed by atoms with E-state index >= 15 is 0 Å². The Labute approximate surface area is 161 Å². The van der Waals surface area contributed by atoms with Gasteiger partial charge in [-0.15, -0.1) is 0 Å². The SMILES string of the molecule is COC(=O)c1ccc(CN(C)CC2CCN(Cc3ccc(C)o3)CC2)cc1. The molecule has 0 saturated carbocycles. The number of ether oxygens (including phenoxy) is 1. The minimum atomic E-state index is -0.286. The zero-order valence-corrected chi connectivity index (χ0v) is 16.6. The minimum absolute atomic E-state index is 0.286. The van der Waals surface area contributed by atoms with Crippen LogP contribution in [-0.4, -0.2) is 49.6 Å². The number of methoxy groups -OCH3 is 1. The number of carbonyl (C=O) groups excluding carboxylic acids is 1. The first-order valence-corrected chi connectivity index (χ1v) is 9.67. The van der Waals surface area contributed by atoms with E-state index in [1.54, 1.807) is 0 Å². The van der Waals surface area contributed by atoms with E-state index in [0.29, 0.717) is 5.56 Å². The molecule has 0 aliphatic carbocycles. The molecule has 0 unspecified atom stereocenters. The lowest BCUT2D eigenvalue weighted by molar-refractivity contribution is 0.0600. The van der Waals surface area contributed by atoms with Gasteiger partial charge in [0, 0.05) is 13.1 Å². The molecule has 2 heterocycles. The molecule has 5 heteroatoms. The average Bonchev–Trinajstić information content (AvgIpc) is 3.08. The molecule has 1 aliphatic rings. The maximum atomic E-state index is 11.5. The quantitative estimate of drug-likeness (QED) is 0.695. The van der Waals surface area contributed by atoms with Gasteiger partial charge in [-0.2, -0.15) is 0 Å². The van der Waals surface area contributed by atoms with Crippen LogP contribution in [0.4, 0.5) is 0 Å². The molecular formula is C22H30N2O3. The molecule has 5 nitrogen and oxygen atoms in total. The molecule has 0 N–H and O–H groups in total. The smallest absolute Gasteiger partial charge is 0.337 e. The number of hydrogen-bond donors (Lipinski definition) is 0. The number of esters is 1. The lowest BCUT2D eigenvalue weighted by atomic mass is 9.96. The summed E-state index contributed by atoms with van der Waals surface area (Å²) in [4.78, 5) is 16.4. The lowest BCUT2D eigenvalue weighted by Crippen LogP contribution is -2.37. The second kappa shape index (κ2) is 9.20. The van der Waals surface area contributed by atoms with E-state index in [4.69, 9.17) is 9.15 Å². The van der Waals surface area contributed by atoms with Crippen LogP contribution in [0.25, 0.3) is 0 Å². The molecule has 1 aromatic carbocycles. The van der Waals surface area contributed by atoms with Gasteiger partial charge in [-0.05, 0) is 75.6 Å². The standard InChI is InChI=1S/C22H30N2O3/c1-17-4-9-21(27-17)16-24-12-10-19(11-13-24)15-23(2)14-18-5-7-20(8-6-18)22(25)26-3/h4-9,19H,10-16H2,1-3H3. The fourth-order valence-corrected chi connectivity index (χ4v) is 3.80. The minimum Gasteiger partial charge on any atom is -0.465 e. The van der Waals surface area contributed by atoms with Gasteiger partial charge in [0.15, 0.2) is 0 Å². The number of furan rings is 1. The van der Waals surface area contributed by atoms with Crippen molar-refractivity contribution in [3.8, 4) is 0 Å². The number of nitrogens with zero attached hydrogens (tertiary/aromatic N) is 2. The molecule has 2 aromatic rings. The number of benzene rings is 1. The highest BCUT2D eigenvalue weighted by molar-refractivity contribution is 5.89. The van der Waals surface area contributed by atoms with Crippen molar-refractivity contribution in [3.63, 3.8) is 0 Å². The summed E-state index contributed by atoms with van der Waals surface area (Å²) in [5.41, 5.74) is 1.82. The number of hydrogen-bond acceptors (Lipinski definition) is 5. The Bertz CT molecular complexity index is 730. The third-order valence-electron chi connectivity index (χ3n) is 5.28. The van der Waals surface area contributed by atoms with Crippen molar-refractivity contribution in [2.75, 3.05) is 33.8 Å². The molecule has 0 spiro atoms. The number of rotatable bonds is 7. The summed E-state index contributed by atoms with van der Waals surface area (Å²) in [6.45, 7) is 7.18. The predicted molar refractivity (Wildman–Crippen MR) is 106 cm³/mol. The Morgan fingerprint density at radius 3 is 2.48 bits per heavy atom. The summed E-state index contributed by atoms with van der Waals surface area (Å²) in [6.07, 6.45) is 2.45. The summed E-state index contributed by atoms with van der Waals surface area (Å²) < 4.78 is 10.4. The summed E-state index contributed by atoms with van der Waals surface area (Å²) in [7, 11) is 3.58. The van der Waals surface area contributed by atoms with E-state index in [9.17, 15) is 4.79 Å². The first-order valence-electron chi connectivity index (χ1n) is 9.67. The Hall–Kier alpha value is -2.11. The van der Waals surface area contributed by atoms with Gasteiger partial charge in [-0.3, -0.25) is 4.90 Å². The first-order chi connectivity index (χ1) is 13.0. The van der Waals surface area contributed by atoms with Crippen molar-refractivity contribution in [1.29, 1.82) is 0 Å². The van der Waals surface area contributed by atoms with E-state index in [1.807, 2.05) is 37.3 Å². The predicted octanol–water partition coefficient (Wildman–Crippen LogP) is 3.72. The maximum absolute atomic E-state index is 11.5. The number of piperidine rings is 1. The molecule has 0 amide bonds. The summed E-state index contributed by atoms with van der Waals surface area (Å²) in [5.74, 6) is 2.50. The van der Waals surface area contributed by atoms with Crippen LogP contribution in [-0.2, 0) is 17.8 Å². The Morgan fingerprint density at radius 1 is 1.19 bits per heavy atom. The van der Waals surface area contributed by atoms with E-state index in [0.717, 1.165) is 50.2 Å². The van der Waals surface area contributed by atoms with Crippen molar-refractivity contribution in [2.45, 2.75) is 32.9 Å². The molecule has 1 aromatic heterocycles. The Kier molecular flexibility index (Phi) is 6.69. The molecule has 0 radical (unpaired) electrons. The Balaban J connectivity index is 1.41. The molecule has 0 bridgehead atoms. The van der Waals surface area contributed by atoms with Gasteiger partial charge in [-0.25, -0.2) is 4.79 Å². The molecule has 146 valence electrons.